The topological polar surface area (TPSA) is 141 Å². The molecule has 0 saturated heterocycles. The minimum Gasteiger partial charge on any atom is -0.481 e. The second-order valence-electron chi connectivity index (χ2n) is 7.94. The summed E-state index contributed by atoms with van der Waals surface area (Å²) >= 11 is 0. The molecular weight excluding hydrogens is 416 g/mol. The van der Waals surface area contributed by atoms with Crippen LogP contribution in [0.4, 0.5) is 4.79 Å². The molecule has 0 radical (unpaired) electrons. The van der Waals surface area contributed by atoms with Gasteiger partial charge >= 0.3 is 12.1 Å². The molecule has 1 saturated carbocycles. The lowest BCUT2D eigenvalue weighted by Crippen LogP contribution is -2.30. The van der Waals surface area contributed by atoms with Crippen molar-refractivity contribution in [1.29, 1.82) is 0 Å². The number of ether oxygens (including phenoxy) is 2. The van der Waals surface area contributed by atoms with Gasteiger partial charge in [-0.1, -0.05) is 18.6 Å². The van der Waals surface area contributed by atoms with Crippen LogP contribution in [0.15, 0.2) is 6.20 Å². The summed E-state index contributed by atoms with van der Waals surface area (Å²) in [4.78, 5) is 32.1. The number of rotatable bonds is 9. The van der Waals surface area contributed by atoms with Crippen molar-refractivity contribution >= 4 is 12.1 Å². The number of carbonyl (C=O) groups excluding carboxylic acids is 1. The van der Waals surface area contributed by atoms with Crippen LogP contribution in [0.1, 0.15) is 56.8 Å². The van der Waals surface area contributed by atoms with Crippen LogP contribution in [-0.4, -0.2) is 54.8 Å². The minimum absolute atomic E-state index is 0.182. The van der Waals surface area contributed by atoms with Gasteiger partial charge in [0.2, 0.25) is 5.88 Å². The van der Waals surface area contributed by atoms with Crippen LogP contribution in [0.3, 0.4) is 0 Å². The number of hydrogen-bond donors (Lipinski definition) is 2. The SMILES string of the molecule is CCCCOC(=O)NCc1c(-c2cnc(O[C@H]3CCC[C@H](C(=O)O)C3)c(C)n2)nnn1C. The van der Waals surface area contributed by atoms with Gasteiger partial charge in [-0.2, -0.15) is 0 Å². The van der Waals surface area contributed by atoms with E-state index in [1.807, 2.05) is 6.92 Å². The molecule has 2 aromatic heterocycles. The number of aliphatic carboxylic acids is 1. The number of carboxylic acids is 1. The summed E-state index contributed by atoms with van der Waals surface area (Å²) in [5.74, 6) is -0.785. The van der Waals surface area contributed by atoms with Gasteiger partial charge in [-0.25, -0.2) is 19.4 Å². The number of alkyl carbamates (subject to hydrolysis) is 1. The molecule has 11 nitrogen and oxygen atoms in total. The quantitative estimate of drug-likeness (QED) is 0.556. The first-order chi connectivity index (χ1) is 15.4. The number of carbonyl (C=O) groups is 2. The number of unbranched alkanes of at least 4 members (excludes halogenated alkanes) is 1. The van der Waals surface area contributed by atoms with Gasteiger partial charge in [0.05, 0.1) is 31.0 Å². The van der Waals surface area contributed by atoms with Gasteiger partial charge < -0.3 is 19.9 Å². The van der Waals surface area contributed by atoms with Crippen LogP contribution in [0.25, 0.3) is 11.4 Å². The van der Waals surface area contributed by atoms with E-state index in [0.717, 1.165) is 25.7 Å². The molecule has 11 heteroatoms. The third kappa shape index (κ3) is 5.92. The number of aryl methyl sites for hydroxylation is 2. The first-order valence-electron chi connectivity index (χ1n) is 10.9. The lowest BCUT2D eigenvalue weighted by atomic mass is 9.87. The number of aromatic nitrogens is 5. The van der Waals surface area contributed by atoms with E-state index in [1.165, 1.54) is 0 Å². The van der Waals surface area contributed by atoms with E-state index in [9.17, 15) is 14.7 Å². The molecular formula is C21H30N6O5. The summed E-state index contributed by atoms with van der Waals surface area (Å²) < 4.78 is 12.6. The van der Waals surface area contributed by atoms with E-state index < -0.39 is 12.1 Å². The van der Waals surface area contributed by atoms with E-state index in [4.69, 9.17) is 9.47 Å². The Balaban J connectivity index is 1.67. The Morgan fingerprint density at radius 2 is 2.16 bits per heavy atom. The normalized spacial score (nSPS) is 18.2. The Bertz CT molecular complexity index is 947. The van der Waals surface area contributed by atoms with E-state index in [0.29, 0.717) is 48.1 Å². The summed E-state index contributed by atoms with van der Waals surface area (Å²) in [7, 11) is 1.73. The zero-order valence-corrected chi connectivity index (χ0v) is 18.7. The highest BCUT2D eigenvalue weighted by Crippen LogP contribution is 2.29. The van der Waals surface area contributed by atoms with Gasteiger partial charge in [0.1, 0.15) is 23.2 Å². The lowest BCUT2D eigenvalue weighted by molar-refractivity contribution is -0.143. The zero-order valence-electron chi connectivity index (χ0n) is 18.7. The lowest BCUT2D eigenvalue weighted by Gasteiger charge is -2.27. The average molecular weight is 447 g/mol. The molecule has 32 heavy (non-hydrogen) atoms. The predicted octanol–water partition coefficient (Wildman–Crippen LogP) is 2.63. The Kier molecular flexibility index (Phi) is 7.96. The standard InChI is InChI=1S/C21H30N6O5/c1-4-5-9-31-21(30)23-12-17-18(25-26-27(17)3)16-11-22-19(13(2)24-16)32-15-8-6-7-14(10-15)20(28)29/h11,14-15H,4-10,12H2,1-3H3,(H,23,30)(H,28,29)/t14-,15-/m0/s1. The molecule has 3 rings (SSSR count). The molecule has 0 unspecified atom stereocenters. The van der Waals surface area contributed by atoms with Crippen molar-refractivity contribution in [2.75, 3.05) is 6.61 Å². The van der Waals surface area contributed by atoms with E-state index in [1.54, 1.807) is 24.9 Å². The number of carboxylic acid groups (broad SMARTS) is 1. The first kappa shape index (κ1) is 23.4. The van der Waals surface area contributed by atoms with Crippen molar-refractivity contribution in [1.82, 2.24) is 30.3 Å². The fraction of sp³-hybridized carbons (Fsp3) is 0.619. The number of nitrogens with one attached hydrogen (secondary N) is 1. The summed E-state index contributed by atoms with van der Waals surface area (Å²) in [6.07, 6.45) is 5.36. The molecule has 2 heterocycles. The van der Waals surface area contributed by atoms with Crippen LogP contribution in [-0.2, 0) is 23.1 Å². The molecule has 1 amide bonds. The molecule has 1 fully saturated rings. The van der Waals surface area contributed by atoms with E-state index in [-0.39, 0.29) is 18.6 Å². The van der Waals surface area contributed by atoms with Gasteiger partial charge in [0.25, 0.3) is 0 Å². The molecule has 0 aliphatic heterocycles. The van der Waals surface area contributed by atoms with E-state index in [2.05, 4.69) is 25.6 Å². The van der Waals surface area contributed by atoms with Crippen LogP contribution in [0.5, 0.6) is 5.88 Å². The van der Waals surface area contributed by atoms with Crippen molar-refractivity contribution in [3.05, 3.63) is 17.6 Å². The predicted molar refractivity (Wildman–Crippen MR) is 114 cm³/mol. The fourth-order valence-corrected chi connectivity index (χ4v) is 3.62. The average Bonchev–Trinajstić information content (AvgIpc) is 3.14. The number of nitrogens with zero attached hydrogens (tertiary/aromatic N) is 5. The highest BCUT2D eigenvalue weighted by molar-refractivity contribution is 5.70. The molecule has 1 aliphatic carbocycles. The maximum Gasteiger partial charge on any atom is 0.407 e. The highest BCUT2D eigenvalue weighted by Gasteiger charge is 2.29. The highest BCUT2D eigenvalue weighted by atomic mass is 16.5. The molecule has 0 bridgehead atoms. The Morgan fingerprint density at radius 1 is 1.34 bits per heavy atom. The van der Waals surface area contributed by atoms with Crippen LogP contribution >= 0.6 is 0 Å². The van der Waals surface area contributed by atoms with Gasteiger partial charge in [-0.3, -0.25) is 4.79 Å². The zero-order chi connectivity index (χ0) is 23.1. The maximum atomic E-state index is 11.9. The number of hydrogen-bond acceptors (Lipinski definition) is 8. The molecule has 2 N–H and O–H groups in total. The molecule has 2 aromatic rings. The van der Waals surface area contributed by atoms with Crippen molar-refractivity contribution in [2.45, 2.75) is 65.0 Å². The maximum absolute atomic E-state index is 11.9. The van der Waals surface area contributed by atoms with Gasteiger partial charge in [0.15, 0.2) is 0 Å². The van der Waals surface area contributed by atoms with E-state index >= 15 is 0 Å². The second kappa shape index (κ2) is 10.9. The third-order valence-electron chi connectivity index (χ3n) is 5.47. The monoisotopic (exact) mass is 446 g/mol. The van der Waals surface area contributed by atoms with Gasteiger partial charge in [-0.05, 0) is 39.0 Å². The molecule has 174 valence electrons. The van der Waals surface area contributed by atoms with Crippen LogP contribution in [0.2, 0.25) is 0 Å². The first-order valence-corrected chi connectivity index (χ1v) is 10.9. The Labute approximate surface area is 186 Å². The summed E-state index contributed by atoms with van der Waals surface area (Å²) in [5.41, 5.74) is 2.25. The van der Waals surface area contributed by atoms with Crippen molar-refractivity contribution < 1.29 is 24.2 Å². The van der Waals surface area contributed by atoms with Crippen LogP contribution < -0.4 is 10.1 Å². The molecule has 0 spiro atoms. The molecule has 1 aliphatic rings. The summed E-state index contributed by atoms with van der Waals surface area (Å²) in [6, 6.07) is 0. The Hall–Kier alpha value is -3.24. The molecule has 2 atom stereocenters. The Morgan fingerprint density at radius 3 is 2.88 bits per heavy atom. The molecule has 0 aromatic carbocycles. The second-order valence-corrected chi connectivity index (χ2v) is 7.94. The van der Waals surface area contributed by atoms with Crippen LogP contribution in [0, 0.1) is 12.8 Å². The van der Waals surface area contributed by atoms with Crippen molar-refractivity contribution in [3.63, 3.8) is 0 Å². The largest absolute Gasteiger partial charge is 0.481 e. The van der Waals surface area contributed by atoms with Gasteiger partial charge in [-0.15, -0.1) is 5.10 Å². The van der Waals surface area contributed by atoms with Gasteiger partial charge in [0, 0.05) is 7.05 Å². The minimum atomic E-state index is -0.783. The van der Waals surface area contributed by atoms with Crippen molar-refractivity contribution in [3.8, 4) is 17.3 Å². The fourth-order valence-electron chi connectivity index (χ4n) is 3.62. The van der Waals surface area contributed by atoms with Crippen molar-refractivity contribution in [2.24, 2.45) is 13.0 Å². The number of amides is 1. The summed E-state index contributed by atoms with van der Waals surface area (Å²) in [6.45, 7) is 4.36. The third-order valence-corrected chi connectivity index (χ3v) is 5.47. The summed E-state index contributed by atoms with van der Waals surface area (Å²) in [5, 5.41) is 20.2. The smallest absolute Gasteiger partial charge is 0.407 e.